The highest BCUT2D eigenvalue weighted by atomic mass is 19.1. The molecule has 0 aliphatic rings. The lowest BCUT2D eigenvalue weighted by molar-refractivity contribution is -0.116. The average molecular weight is 370 g/mol. The molecule has 0 spiro atoms. The lowest BCUT2D eigenvalue weighted by Gasteiger charge is -2.11. The monoisotopic (exact) mass is 370 g/mol. The lowest BCUT2D eigenvalue weighted by atomic mass is 10.1. The third-order valence-corrected chi connectivity index (χ3v) is 4.19. The Kier molecular flexibility index (Phi) is 5.40. The molecule has 3 rings (SSSR count). The van der Waals surface area contributed by atoms with Crippen LogP contribution in [0.4, 0.5) is 10.1 Å². The summed E-state index contributed by atoms with van der Waals surface area (Å²) in [6.45, 7) is 0. The molecule has 0 saturated carbocycles. The Morgan fingerprint density at radius 3 is 2.67 bits per heavy atom. The molecule has 0 aliphatic heterocycles. The van der Waals surface area contributed by atoms with E-state index in [1.165, 1.54) is 32.4 Å². The number of halogens is 1. The normalized spacial score (nSPS) is 10.6. The zero-order valence-corrected chi connectivity index (χ0v) is 15.0. The van der Waals surface area contributed by atoms with E-state index in [4.69, 9.17) is 9.47 Å². The van der Waals surface area contributed by atoms with E-state index in [0.717, 1.165) is 0 Å². The number of benzene rings is 2. The molecule has 2 aromatic carbocycles. The van der Waals surface area contributed by atoms with E-state index < -0.39 is 0 Å². The third-order valence-electron chi connectivity index (χ3n) is 4.19. The molecule has 2 N–H and O–H groups in total. The van der Waals surface area contributed by atoms with E-state index >= 15 is 0 Å². The zero-order chi connectivity index (χ0) is 19.4. The summed E-state index contributed by atoms with van der Waals surface area (Å²) in [4.78, 5) is 27.2. The van der Waals surface area contributed by atoms with Gasteiger partial charge in [-0.2, -0.15) is 0 Å². The number of methoxy groups -OCH3 is 2. The van der Waals surface area contributed by atoms with E-state index in [-0.39, 0.29) is 30.1 Å². The number of aromatic amines is 1. The van der Waals surface area contributed by atoms with E-state index in [1.54, 1.807) is 24.3 Å². The van der Waals surface area contributed by atoms with Crippen molar-refractivity contribution >= 4 is 22.5 Å². The van der Waals surface area contributed by atoms with Gasteiger partial charge in [0.05, 0.1) is 19.9 Å². The van der Waals surface area contributed by atoms with Crippen LogP contribution in [0.3, 0.4) is 0 Å². The van der Waals surface area contributed by atoms with Gasteiger partial charge in [0, 0.05) is 29.0 Å². The van der Waals surface area contributed by atoms with Crippen LogP contribution in [0.15, 0.2) is 47.3 Å². The molecule has 0 fully saturated rings. The van der Waals surface area contributed by atoms with Gasteiger partial charge in [0.2, 0.25) is 5.91 Å². The van der Waals surface area contributed by atoms with Crippen LogP contribution in [0.5, 0.6) is 11.5 Å². The van der Waals surface area contributed by atoms with Crippen molar-refractivity contribution in [3.05, 3.63) is 64.2 Å². The highest BCUT2D eigenvalue weighted by Crippen LogP contribution is 2.29. The first-order chi connectivity index (χ1) is 13.0. The Bertz CT molecular complexity index is 1050. The smallest absolute Gasteiger partial charge is 0.251 e. The summed E-state index contributed by atoms with van der Waals surface area (Å²) >= 11 is 0. The first-order valence-electron chi connectivity index (χ1n) is 8.33. The van der Waals surface area contributed by atoms with Gasteiger partial charge in [-0.25, -0.2) is 4.39 Å². The van der Waals surface area contributed by atoms with Gasteiger partial charge in [0.25, 0.3) is 5.56 Å². The van der Waals surface area contributed by atoms with Gasteiger partial charge in [-0.1, -0.05) is 0 Å². The van der Waals surface area contributed by atoms with E-state index in [9.17, 15) is 14.0 Å². The maximum atomic E-state index is 13.4. The topological polar surface area (TPSA) is 80.4 Å². The molecule has 140 valence electrons. The fourth-order valence-corrected chi connectivity index (χ4v) is 2.78. The molecule has 0 saturated heterocycles. The van der Waals surface area contributed by atoms with Crippen molar-refractivity contribution in [1.82, 2.24) is 4.98 Å². The summed E-state index contributed by atoms with van der Waals surface area (Å²) in [5.74, 6) is 0.422. The van der Waals surface area contributed by atoms with Gasteiger partial charge in [0.15, 0.2) is 0 Å². The number of pyridine rings is 1. The van der Waals surface area contributed by atoms with Crippen molar-refractivity contribution in [2.24, 2.45) is 0 Å². The molecule has 0 radical (unpaired) electrons. The van der Waals surface area contributed by atoms with Crippen LogP contribution >= 0.6 is 0 Å². The van der Waals surface area contributed by atoms with Crippen LogP contribution in [-0.2, 0) is 11.2 Å². The lowest BCUT2D eigenvalue weighted by Crippen LogP contribution is -2.17. The second-order valence-electron chi connectivity index (χ2n) is 5.97. The number of ether oxygens (including phenoxy) is 2. The summed E-state index contributed by atoms with van der Waals surface area (Å²) in [6.07, 6.45) is 0.310. The van der Waals surface area contributed by atoms with E-state index in [1.807, 2.05) is 0 Å². The quantitative estimate of drug-likeness (QED) is 0.698. The zero-order valence-electron chi connectivity index (χ0n) is 15.0. The number of carbonyl (C=O) groups excluding carboxylic acids is 1. The first kappa shape index (κ1) is 18.4. The van der Waals surface area contributed by atoms with Crippen molar-refractivity contribution in [3.8, 4) is 11.5 Å². The molecular formula is C20H19FN2O4. The summed E-state index contributed by atoms with van der Waals surface area (Å²) in [7, 11) is 3.04. The fraction of sp³-hybridized carbons (Fsp3) is 0.200. The van der Waals surface area contributed by atoms with Gasteiger partial charge in [-0.05, 0) is 42.8 Å². The molecule has 7 heteroatoms. The Morgan fingerprint density at radius 1 is 1.11 bits per heavy atom. The predicted octanol–water partition coefficient (Wildman–Crippen LogP) is 3.26. The third kappa shape index (κ3) is 4.25. The molecule has 0 aliphatic carbocycles. The van der Waals surface area contributed by atoms with E-state index in [2.05, 4.69) is 10.3 Å². The number of carbonyl (C=O) groups is 1. The van der Waals surface area contributed by atoms with Crippen molar-refractivity contribution in [3.63, 3.8) is 0 Å². The molecule has 1 amide bonds. The predicted molar refractivity (Wildman–Crippen MR) is 101 cm³/mol. The second kappa shape index (κ2) is 7.90. The number of nitrogens with one attached hydrogen (secondary N) is 2. The first-order valence-corrected chi connectivity index (χ1v) is 8.33. The SMILES string of the molecule is COc1ccc(OC)c(NC(=O)CCc2cc3cc(F)ccc3[nH]c2=O)c1. The molecule has 0 bridgehead atoms. The highest BCUT2D eigenvalue weighted by Gasteiger charge is 2.11. The average Bonchev–Trinajstić information content (AvgIpc) is 2.66. The van der Waals surface area contributed by atoms with Gasteiger partial charge in [0.1, 0.15) is 17.3 Å². The standard InChI is InChI=1S/C20H19FN2O4/c1-26-15-5-7-18(27-2)17(11-15)22-19(24)8-3-12-9-13-10-14(21)4-6-16(13)23-20(12)25/h4-7,9-11H,3,8H2,1-2H3,(H,22,24)(H,23,25). The molecular weight excluding hydrogens is 351 g/mol. The maximum Gasteiger partial charge on any atom is 0.251 e. The number of rotatable bonds is 6. The number of aromatic nitrogens is 1. The molecule has 3 aromatic rings. The van der Waals surface area contributed by atoms with Crippen LogP contribution in [0.25, 0.3) is 10.9 Å². The molecule has 1 heterocycles. The number of fused-ring (bicyclic) bond motifs is 1. The summed E-state index contributed by atoms with van der Waals surface area (Å²) in [5, 5.41) is 3.34. The van der Waals surface area contributed by atoms with Crippen LogP contribution in [0, 0.1) is 5.82 Å². The Labute approximate surface area is 154 Å². The van der Waals surface area contributed by atoms with Crippen molar-refractivity contribution in [2.45, 2.75) is 12.8 Å². The van der Waals surface area contributed by atoms with Crippen molar-refractivity contribution in [1.29, 1.82) is 0 Å². The van der Waals surface area contributed by atoms with Crippen molar-refractivity contribution < 1.29 is 18.7 Å². The van der Waals surface area contributed by atoms with Crippen molar-refractivity contribution in [2.75, 3.05) is 19.5 Å². The Balaban J connectivity index is 1.73. The van der Waals surface area contributed by atoms with Gasteiger partial charge < -0.3 is 19.8 Å². The number of amides is 1. The largest absolute Gasteiger partial charge is 0.497 e. The van der Waals surface area contributed by atoms with Crippen LogP contribution < -0.4 is 20.3 Å². The van der Waals surface area contributed by atoms with E-state index in [0.29, 0.717) is 33.7 Å². The van der Waals surface area contributed by atoms with Crippen LogP contribution in [-0.4, -0.2) is 25.1 Å². The van der Waals surface area contributed by atoms with Gasteiger partial charge in [-0.3, -0.25) is 9.59 Å². The number of H-pyrrole nitrogens is 1. The fourth-order valence-electron chi connectivity index (χ4n) is 2.78. The van der Waals surface area contributed by atoms with Crippen LogP contribution in [0.1, 0.15) is 12.0 Å². The van der Waals surface area contributed by atoms with Crippen LogP contribution in [0.2, 0.25) is 0 Å². The Hall–Kier alpha value is -3.35. The van der Waals surface area contributed by atoms with Gasteiger partial charge >= 0.3 is 0 Å². The number of hydrogen-bond donors (Lipinski definition) is 2. The second-order valence-corrected chi connectivity index (χ2v) is 5.97. The molecule has 6 nitrogen and oxygen atoms in total. The van der Waals surface area contributed by atoms with Gasteiger partial charge in [-0.15, -0.1) is 0 Å². The Morgan fingerprint density at radius 2 is 1.93 bits per heavy atom. The summed E-state index contributed by atoms with van der Waals surface area (Å²) < 4.78 is 23.8. The maximum absolute atomic E-state index is 13.4. The minimum atomic E-state index is -0.386. The summed E-state index contributed by atoms with van der Waals surface area (Å²) in [5.41, 5.74) is 1.16. The molecule has 27 heavy (non-hydrogen) atoms. The molecule has 1 aromatic heterocycles. The number of anilines is 1. The highest BCUT2D eigenvalue weighted by molar-refractivity contribution is 5.92. The summed E-state index contributed by atoms with van der Waals surface area (Å²) in [6, 6.07) is 10.8. The number of aryl methyl sites for hydroxylation is 1. The minimum absolute atomic E-state index is 0.0876. The minimum Gasteiger partial charge on any atom is -0.497 e. The molecule has 0 atom stereocenters. The number of hydrogen-bond acceptors (Lipinski definition) is 4. The molecule has 0 unspecified atom stereocenters.